The van der Waals surface area contributed by atoms with E-state index < -0.39 is 28.2 Å². The van der Waals surface area contributed by atoms with Gasteiger partial charge in [0.25, 0.3) is 11.2 Å². The third-order valence-corrected chi connectivity index (χ3v) is 3.95. The number of aromatic nitrogens is 2. The van der Waals surface area contributed by atoms with Crippen LogP contribution in [0.25, 0.3) is 10.9 Å². The van der Waals surface area contributed by atoms with E-state index in [0.717, 1.165) is 18.3 Å². The number of rotatable bonds is 6. The van der Waals surface area contributed by atoms with E-state index >= 15 is 0 Å². The molecule has 0 radical (unpaired) electrons. The first-order valence-electron chi connectivity index (χ1n) is 8.24. The molecular formula is C18H14N4O7. The number of benzene rings is 2. The number of ether oxygens (including phenoxy) is 1. The summed E-state index contributed by atoms with van der Waals surface area (Å²) in [5.41, 5.74) is -1.44. The number of nitro groups is 1. The van der Waals surface area contributed by atoms with Gasteiger partial charge in [0.15, 0.2) is 6.10 Å². The monoisotopic (exact) mass is 398 g/mol. The molecule has 0 bridgehead atoms. The van der Waals surface area contributed by atoms with E-state index in [1.54, 1.807) is 18.2 Å². The molecule has 2 aromatic carbocycles. The molecule has 0 amide bonds. The number of aliphatic carboxylic acids is 1. The molecule has 0 aliphatic heterocycles. The summed E-state index contributed by atoms with van der Waals surface area (Å²) in [5, 5.41) is 24.1. The van der Waals surface area contributed by atoms with E-state index in [9.17, 15) is 24.5 Å². The SMILES string of the molecule is CC(Oc1ccc([N+](=O)[O-])cc1C=Nn1c(=O)[nH]c2ccccc2c1=O)C(=O)O. The van der Waals surface area contributed by atoms with Crippen molar-refractivity contribution in [3.05, 3.63) is 79.0 Å². The van der Waals surface area contributed by atoms with E-state index in [1.807, 2.05) is 0 Å². The minimum absolute atomic E-state index is 0.0143. The zero-order valence-corrected chi connectivity index (χ0v) is 14.9. The highest BCUT2D eigenvalue weighted by atomic mass is 16.6. The van der Waals surface area contributed by atoms with Gasteiger partial charge in [0.2, 0.25) is 0 Å². The van der Waals surface area contributed by atoms with Crippen molar-refractivity contribution in [3.63, 3.8) is 0 Å². The molecule has 2 N–H and O–H groups in total. The maximum absolute atomic E-state index is 12.5. The second kappa shape index (κ2) is 7.76. The standard InChI is InChI=1S/C18H14N4O7/c1-10(17(24)25)29-15-7-6-12(22(27)28)8-11(15)9-19-21-16(23)13-4-2-3-5-14(13)20-18(21)26/h2-10H,1H3,(H,20,26)(H,24,25). The van der Waals surface area contributed by atoms with Gasteiger partial charge >= 0.3 is 11.7 Å². The average Bonchev–Trinajstić information content (AvgIpc) is 2.68. The Hall–Kier alpha value is -4.28. The van der Waals surface area contributed by atoms with Crippen molar-refractivity contribution in [1.82, 2.24) is 9.66 Å². The molecule has 1 heterocycles. The van der Waals surface area contributed by atoms with Crippen molar-refractivity contribution in [3.8, 4) is 5.75 Å². The van der Waals surface area contributed by atoms with Crippen LogP contribution in [0.15, 0.2) is 57.2 Å². The molecule has 11 heteroatoms. The van der Waals surface area contributed by atoms with Crippen LogP contribution in [0.3, 0.4) is 0 Å². The molecule has 1 atom stereocenters. The van der Waals surface area contributed by atoms with E-state index in [-0.39, 0.29) is 22.4 Å². The predicted octanol–water partition coefficient (Wildman–Crippen LogP) is 1.33. The van der Waals surface area contributed by atoms with Crippen LogP contribution >= 0.6 is 0 Å². The van der Waals surface area contributed by atoms with Gasteiger partial charge in [0.1, 0.15) is 5.75 Å². The first kappa shape index (κ1) is 19.5. The number of nitrogens with one attached hydrogen (secondary N) is 1. The Kier molecular flexibility index (Phi) is 5.21. The summed E-state index contributed by atoms with van der Waals surface area (Å²) in [6, 6.07) is 9.79. The van der Waals surface area contributed by atoms with Crippen molar-refractivity contribution >= 4 is 28.8 Å². The fourth-order valence-electron chi connectivity index (χ4n) is 2.48. The largest absolute Gasteiger partial charge is 0.479 e. The Bertz CT molecular complexity index is 1260. The van der Waals surface area contributed by atoms with Gasteiger partial charge in [-0.2, -0.15) is 5.10 Å². The molecule has 0 saturated heterocycles. The Morgan fingerprint density at radius 3 is 2.72 bits per heavy atom. The van der Waals surface area contributed by atoms with Crippen molar-refractivity contribution in [2.45, 2.75) is 13.0 Å². The number of carboxylic acids is 1. The van der Waals surface area contributed by atoms with Gasteiger partial charge in [0.05, 0.1) is 22.0 Å². The number of fused-ring (bicyclic) bond motifs is 1. The van der Waals surface area contributed by atoms with E-state index in [4.69, 9.17) is 9.84 Å². The van der Waals surface area contributed by atoms with E-state index in [2.05, 4.69) is 10.1 Å². The molecule has 3 rings (SSSR count). The normalized spacial score (nSPS) is 12.2. The molecule has 0 spiro atoms. The number of non-ortho nitro benzene ring substituents is 1. The van der Waals surface area contributed by atoms with Crippen LogP contribution in [0.4, 0.5) is 5.69 Å². The fraction of sp³-hybridized carbons (Fsp3) is 0.111. The van der Waals surface area contributed by atoms with Gasteiger partial charge in [-0.15, -0.1) is 4.68 Å². The summed E-state index contributed by atoms with van der Waals surface area (Å²) in [7, 11) is 0. The summed E-state index contributed by atoms with van der Waals surface area (Å²) in [6.45, 7) is 1.28. The number of carboxylic acid groups (broad SMARTS) is 1. The van der Waals surface area contributed by atoms with Gasteiger partial charge in [-0.3, -0.25) is 14.9 Å². The van der Waals surface area contributed by atoms with Crippen LogP contribution in [-0.4, -0.2) is 38.0 Å². The van der Waals surface area contributed by atoms with Crippen molar-refractivity contribution in [2.24, 2.45) is 5.10 Å². The Morgan fingerprint density at radius 2 is 2.03 bits per heavy atom. The van der Waals surface area contributed by atoms with Crippen LogP contribution in [0.1, 0.15) is 12.5 Å². The molecule has 0 fully saturated rings. The molecule has 11 nitrogen and oxygen atoms in total. The second-order valence-electron chi connectivity index (χ2n) is 5.91. The Balaban J connectivity index is 2.10. The lowest BCUT2D eigenvalue weighted by Crippen LogP contribution is -2.32. The number of aromatic amines is 1. The molecule has 0 aliphatic rings. The highest BCUT2D eigenvalue weighted by Crippen LogP contribution is 2.24. The molecule has 1 aromatic heterocycles. The fourth-order valence-corrected chi connectivity index (χ4v) is 2.48. The van der Waals surface area contributed by atoms with Crippen LogP contribution in [0.5, 0.6) is 5.75 Å². The highest BCUT2D eigenvalue weighted by molar-refractivity contribution is 5.85. The summed E-state index contributed by atoms with van der Waals surface area (Å²) in [4.78, 5) is 48.6. The predicted molar refractivity (Wildman–Crippen MR) is 103 cm³/mol. The zero-order valence-electron chi connectivity index (χ0n) is 14.9. The lowest BCUT2D eigenvalue weighted by atomic mass is 10.2. The summed E-state index contributed by atoms with van der Waals surface area (Å²) in [6.07, 6.45) is -0.224. The maximum Gasteiger partial charge on any atom is 0.349 e. The topological polar surface area (TPSA) is 157 Å². The summed E-state index contributed by atoms with van der Waals surface area (Å²) >= 11 is 0. The average molecular weight is 398 g/mol. The quantitative estimate of drug-likeness (QED) is 0.360. The number of hydrogen-bond donors (Lipinski definition) is 2. The van der Waals surface area contributed by atoms with Gasteiger partial charge < -0.3 is 14.8 Å². The van der Waals surface area contributed by atoms with Gasteiger partial charge in [-0.1, -0.05) is 12.1 Å². The maximum atomic E-state index is 12.5. The molecule has 148 valence electrons. The molecular weight excluding hydrogens is 384 g/mol. The number of carbonyl (C=O) groups is 1. The minimum atomic E-state index is -1.24. The number of nitrogens with zero attached hydrogens (tertiary/aromatic N) is 3. The number of hydrogen-bond acceptors (Lipinski definition) is 7. The highest BCUT2D eigenvalue weighted by Gasteiger charge is 2.17. The van der Waals surface area contributed by atoms with Crippen LogP contribution in [0, 0.1) is 10.1 Å². The Morgan fingerprint density at radius 1 is 1.31 bits per heavy atom. The van der Waals surface area contributed by atoms with Crippen LogP contribution < -0.4 is 16.0 Å². The van der Waals surface area contributed by atoms with Crippen LogP contribution in [-0.2, 0) is 4.79 Å². The smallest absolute Gasteiger partial charge is 0.349 e. The van der Waals surface area contributed by atoms with Crippen molar-refractivity contribution < 1.29 is 19.6 Å². The second-order valence-corrected chi connectivity index (χ2v) is 5.91. The molecule has 1 unspecified atom stereocenters. The number of para-hydroxylation sites is 1. The van der Waals surface area contributed by atoms with Gasteiger partial charge in [0, 0.05) is 17.7 Å². The number of H-pyrrole nitrogens is 1. The summed E-state index contributed by atoms with van der Waals surface area (Å²) in [5.74, 6) is -1.26. The lowest BCUT2D eigenvalue weighted by molar-refractivity contribution is -0.384. The number of nitro benzene ring substituents is 1. The van der Waals surface area contributed by atoms with E-state index in [0.29, 0.717) is 10.2 Å². The first-order valence-corrected chi connectivity index (χ1v) is 8.24. The van der Waals surface area contributed by atoms with Crippen LogP contribution in [0.2, 0.25) is 0 Å². The molecule has 3 aromatic rings. The van der Waals surface area contributed by atoms with Gasteiger partial charge in [-0.25, -0.2) is 9.59 Å². The lowest BCUT2D eigenvalue weighted by Gasteiger charge is -2.12. The van der Waals surface area contributed by atoms with E-state index in [1.165, 1.54) is 19.1 Å². The van der Waals surface area contributed by atoms with Gasteiger partial charge in [-0.05, 0) is 25.1 Å². The first-order chi connectivity index (χ1) is 13.8. The van der Waals surface area contributed by atoms with Crippen molar-refractivity contribution in [2.75, 3.05) is 0 Å². The third kappa shape index (κ3) is 4.03. The molecule has 0 aliphatic carbocycles. The molecule has 29 heavy (non-hydrogen) atoms. The van der Waals surface area contributed by atoms with Crippen molar-refractivity contribution in [1.29, 1.82) is 0 Å². The third-order valence-electron chi connectivity index (χ3n) is 3.95. The Labute approximate surface area is 161 Å². The zero-order chi connectivity index (χ0) is 21.1. The summed E-state index contributed by atoms with van der Waals surface area (Å²) < 4.78 is 5.84. The minimum Gasteiger partial charge on any atom is -0.479 e. The molecule has 0 saturated carbocycles.